The first-order chi connectivity index (χ1) is 15.0. The molecule has 3 fully saturated rings. The smallest absolute Gasteiger partial charge is 0.250 e. The number of nitrogens with one attached hydrogen (secondary N) is 1. The first kappa shape index (κ1) is 19.0. The number of hydrogen-bond donors (Lipinski definition) is 1. The van der Waals surface area contributed by atoms with E-state index in [9.17, 15) is 14.4 Å². The molecule has 0 aromatic heterocycles. The predicted molar refractivity (Wildman–Crippen MR) is 117 cm³/mol. The van der Waals surface area contributed by atoms with Crippen molar-refractivity contribution in [2.24, 2.45) is 11.8 Å². The van der Waals surface area contributed by atoms with Crippen LogP contribution >= 0.6 is 15.9 Å². The lowest BCUT2D eigenvalue weighted by atomic mass is 9.75. The zero-order valence-corrected chi connectivity index (χ0v) is 18.4. The molecule has 3 amide bonds. The third-order valence-electron chi connectivity index (χ3n) is 7.29. The summed E-state index contributed by atoms with van der Waals surface area (Å²) in [5.41, 5.74) is 0.850. The van der Waals surface area contributed by atoms with Crippen LogP contribution in [0.2, 0.25) is 0 Å². The van der Waals surface area contributed by atoms with Crippen molar-refractivity contribution >= 4 is 45.0 Å². The highest BCUT2D eigenvalue weighted by Gasteiger charge is 2.74. The Bertz CT molecular complexity index is 1150. The van der Waals surface area contributed by atoms with E-state index in [0.29, 0.717) is 23.7 Å². The van der Waals surface area contributed by atoms with Crippen molar-refractivity contribution in [1.29, 1.82) is 0 Å². The zero-order chi connectivity index (χ0) is 21.5. The molecule has 7 nitrogen and oxygen atoms in total. The maximum absolute atomic E-state index is 13.8. The molecule has 8 heteroatoms. The second-order valence-electron chi connectivity index (χ2n) is 8.53. The normalized spacial score (nSPS) is 31.2. The molecule has 4 atom stereocenters. The van der Waals surface area contributed by atoms with Gasteiger partial charge in [0.15, 0.2) is 0 Å². The van der Waals surface area contributed by atoms with Crippen LogP contribution in [0.1, 0.15) is 18.4 Å². The molecule has 2 aromatic rings. The van der Waals surface area contributed by atoms with E-state index in [-0.39, 0.29) is 23.8 Å². The van der Waals surface area contributed by atoms with Gasteiger partial charge in [0.25, 0.3) is 0 Å². The van der Waals surface area contributed by atoms with Gasteiger partial charge in [0.1, 0.15) is 11.3 Å². The molecule has 0 saturated carbocycles. The predicted octanol–water partition coefficient (Wildman–Crippen LogP) is 2.89. The molecule has 4 aliphatic rings. The van der Waals surface area contributed by atoms with Crippen molar-refractivity contribution in [1.82, 2.24) is 4.90 Å². The van der Waals surface area contributed by atoms with E-state index in [1.807, 2.05) is 18.2 Å². The number of benzene rings is 2. The highest BCUT2D eigenvalue weighted by atomic mass is 79.9. The number of rotatable bonds is 2. The monoisotopic (exact) mass is 481 g/mol. The second kappa shape index (κ2) is 6.40. The lowest BCUT2D eigenvalue weighted by Gasteiger charge is -2.36. The molecule has 0 radical (unpaired) electrons. The summed E-state index contributed by atoms with van der Waals surface area (Å²) in [5, 5.41) is 2.99. The molecule has 0 unspecified atom stereocenters. The van der Waals surface area contributed by atoms with Crippen LogP contribution in [-0.4, -0.2) is 42.3 Å². The summed E-state index contributed by atoms with van der Waals surface area (Å²) >= 11 is 3.52. The Morgan fingerprint density at radius 1 is 1.10 bits per heavy atom. The van der Waals surface area contributed by atoms with E-state index >= 15 is 0 Å². The van der Waals surface area contributed by atoms with Crippen molar-refractivity contribution in [3.05, 3.63) is 52.5 Å². The summed E-state index contributed by atoms with van der Waals surface area (Å²) in [7, 11) is 1.57. The van der Waals surface area contributed by atoms with Gasteiger partial charge in [0, 0.05) is 21.8 Å². The Labute approximate surface area is 187 Å². The first-order valence-electron chi connectivity index (χ1n) is 10.4. The van der Waals surface area contributed by atoms with Crippen molar-refractivity contribution in [3.8, 4) is 5.75 Å². The molecule has 3 saturated heterocycles. The molecule has 2 aromatic carbocycles. The minimum atomic E-state index is -1.15. The maximum atomic E-state index is 13.8. The van der Waals surface area contributed by atoms with Gasteiger partial charge >= 0.3 is 0 Å². The largest absolute Gasteiger partial charge is 0.497 e. The highest BCUT2D eigenvalue weighted by molar-refractivity contribution is 9.10. The minimum Gasteiger partial charge on any atom is -0.497 e. The summed E-state index contributed by atoms with van der Waals surface area (Å²) in [6, 6.07) is 12.4. The Morgan fingerprint density at radius 3 is 2.61 bits per heavy atom. The van der Waals surface area contributed by atoms with Crippen molar-refractivity contribution in [2.75, 3.05) is 23.9 Å². The number of nitrogens with zero attached hydrogens (tertiary/aromatic N) is 2. The molecule has 4 heterocycles. The van der Waals surface area contributed by atoms with Gasteiger partial charge < -0.3 is 10.1 Å². The van der Waals surface area contributed by atoms with E-state index in [0.717, 1.165) is 22.9 Å². The molecule has 6 rings (SSSR count). The topological polar surface area (TPSA) is 79.0 Å². The number of carbonyl (C=O) groups excluding carboxylic acids is 3. The van der Waals surface area contributed by atoms with Crippen LogP contribution in [0.5, 0.6) is 5.75 Å². The first-order valence-corrected chi connectivity index (χ1v) is 11.2. The number of anilines is 2. The number of halogens is 1. The van der Waals surface area contributed by atoms with Crippen LogP contribution in [-0.2, 0) is 19.9 Å². The molecule has 0 bridgehead atoms. The zero-order valence-electron chi connectivity index (χ0n) is 16.8. The van der Waals surface area contributed by atoms with Gasteiger partial charge in [-0.2, -0.15) is 0 Å². The average molecular weight is 482 g/mol. The number of methoxy groups -OCH3 is 1. The molecule has 1 spiro atoms. The summed E-state index contributed by atoms with van der Waals surface area (Å²) in [6.45, 7) is 0.695. The maximum Gasteiger partial charge on any atom is 0.250 e. The van der Waals surface area contributed by atoms with Crippen molar-refractivity contribution in [3.63, 3.8) is 0 Å². The van der Waals surface area contributed by atoms with Crippen molar-refractivity contribution in [2.45, 2.75) is 24.4 Å². The van der Waals surface area contributed by atoms with E-state index in [2.05, 4.69) is 26.1 Å². The Balaban J connectivity index is 1.53. The SMILES string of the molecule is COc1ccc(N2C(=O)[C@@H]3[C@@H]4CCCN4[C@]4(C(=O)Nc5ccc(Br)cc54)[C@H]3C2=O)cc1. The lowest BCUT2D eigenvalue weighted by Crippen LogP contribution is -2.54. The second-order valence-corrected chi connectivity index (χ2v) is 9.44. The third kappa shape index (κ3) is 2.24. The lowest BCUT2D eigenvalue weighted by molar-refractivity contribution is -0.135. The van der Waals surface area contributed by atoms with Gasteiger partial charge in [-0.3, -0.25) is 19.3 Å². The fraction of sp³-hybridized carbons (Fsp3) is 0.348. The van der Waals surface area contributed by atoms with Gasteiger partial charge in [-0.25, -0.2) is 4.90 Å². The van der Waals surface area contributed by atoms with Crippen LogP contribution in [0.3, 0.4) is 0 Å². The Morgan fingerprint density at radius 2 is 1.87 bits per heavy atom. The van der Waals surface area contributed by atoms with E-state index in [1.165, 1.54) is 4.90 Å². The molecule has 31 heavy (non-hydrogen) atoms. The van der Waals surface area contributed by atoms with E-state index in [1.54, 1.807) is 31.4 Å². The summed E-state index contributed by atoms with van der Waals surface area (Å²) in [5.74, 6) is -1.37. The van der Waals surface area contributed by atoms with E-state index in [4.69, 9.17) is 4.74 Å². The fourth-order valence-corrected chi connectivity index (χ4v) is 6.52. The number of hydrogen-bond acceptors (Lipinski definition) is 5. The van der Waals surface area contributed by atoms with Gasteiger partial charge in [-0.15, -0.1) is 0 Å². The number of carbonyl (C=O) groups is 3. The third-order valence-corrected chi connectivity index (χ3v) is 7.78. The van der Waals surface area contributed by atoms with Gasteiger partial charge in [-0.1, -0.05) is 15.9 Å². The number of amides is 3. The van der Waals surface area contributed by atoms with Crippen LogP contribution in [0, 0.1) is 11.8 Å². The molecule has 1 N–H and O–H groups in total. The van der Waals surface area contributed by atoms with Crippen LogP contribution < -0.4 is 15.0 Å². The standard InChI is InChI=1S/C23H20BrN3O4/c1-31-14-7-5-13(6-8-14)27-20(28)18-17-3-2-10-26(17)23(19(18)21(27)29)15-11-12(24)4-9-16(15)25-22(23)30/h4-9,11,17-19H,2-3,10H2,1H3,(H,25,30)/t17-,18+,19+,23-/m0/s1. The number of imide groups is 1. The summed E-state index contributed by atoms with van der Waals surface area (Å²) in [6.07, 6.45) is 1.70. The van der Waals surface area contributed by atoms with Gasteiger partial charge in [0.2, 0.25) is 17.7 Å². The molecule has 158 valence electrons. The highest BCUT2D eigenvalue weighted by Crippen LogP contribution is 2.60. The Kier molecular flexibility index (Phi) is 3.92. The molecule has 0 aliphatic carbocycles. The summed E-state index contributed by atoms with van der Waals surface area (Å²) < 4.78 is 6.04. The van der Waals surface area contributed by atoms with Gasteiger partial charge in [0.05, 0.1) is 24.6 Å². The van der Waals surface area contributed by atoms with Crippen LogP contribution in [0.4, 0.5) is 11.4 Å². The van der Waals surface area contributed by atoms with E-state index < -0.39 is 17.4 Å². The fourth-order valence-electron chi connectivity index (χ4n) is 6.16. The summed E-state index contributed by atoms with van der Waals surface area (Å²) in [4.78, 5) is 44.4. The van der Waals surface area contributed by atoms with Crippen LogP contribution in [0.15, 0.2) is 46.9 Å². The Hall–Kier alpha value is -2.71. The van der Waals surface area contributed by atoms with Gasteiger partial charge in [-0.05, 0) is 61.9 Å². The molecular weight excluding hydrogens is 462 g/mol. The molecule has 4 aliphatic heterocycles. The van der Waals surface area contributed by atoms with Crippen LogP contribution in [0.25, 0.3) is 0 Å². The minimum absolute atomic E-state index is 0.125. The average Bonchev–Trinajstić information content (AvgIpc) is 3.47. The quantitative estimate of drug-likeness (QED) is 0.667. The number of fused-ring (bicyclic) bond motifs is 7. The number of ether oxygens (including phenoxy) is 1. The van der Waals surface area contributed by atoms with Crippen molar-refractivity contribution < 1.29 is 19.1 Å². The molecular formula is C23H20BrN3O4.